The lowest BCUT2D eigenvalue weighted by Crippen LogP contribution is -2.56. The molecule has 41 heavy (non-hydrogen) atoms. The second-order valence-electron chi connectivity index (χ2n) is 10.7. The molecule has 0 spiro atoms. The summed E-state index contributed by atoms with van der Waals surface area (Å²) in [6.07, 6.45) is -0.208. The largest absolute Gasteiger partial charge is 0.490 e. The third-order valence-electron chi connectivity index (χ3n) is 7.34. The summed E-state index contributed by atoms with van der Waals surface area (Å²) in [6, 6.07) is 18.2. The van der Waals surface area contributed by atoms with E-state index in [1.807, 2.05) is 86.4 Å². The number of benzene rings is 3. The van der Waals surface area contributed by atoms with Crippen molar-refractivity contribution < 1.29 is 13.9 Å². The van der Waals surface area contributed by atoms with Gasteiger partial charge in [-0.25, -0.2) is 19.2 Å². The van der Waals surface area contributed by atoms with E-state index in [0.29, 0.717) is 53.4 Å². The van der Waals surface area contributed by atoms with Crippen molar-refractivity contribution in [2.75, 3.05) is 40.3 Å². The first-order valence-electron chi connectivity index (χ1n) is 13.7. The molecule has 2 aliphatic heterocycles. The number of amides is 2. The fraction of sp³-hybridized carbons (Fsp3) is 0.355. The summed E-state index contributed by atoms with van der Waals surface area (Å²) in [5.41, 5.74) is 2.32. The van der Waals surface area contributed by atoms with Gasteiger partial charge in [-0.05, 0) is 61.4 Å². The number of ether oxygens (including phenoxy) is 1. The van der Waals surface area contributed by atoms with Crippen molar-refractivity contribution in [3.63, 3.8) is 0 Å². The molecule has 3 aromatic carbocycles. The van der Waals surface area contributed by atoms with E-state index in [-0.39, 0.29) is 12.1 Å². The molecule has 5 rings (SSSR count). The number of amidine groups is 1. The first kappa shape index (κ1) is 29.3. The topological polar surface area (TPSA) is 51.6 Å². The average Bonchev–Trinajstić information content (AvgIpc) is 3.33. The van der Waals surface area contributed by atoms with Crippen molar-refractivity contribution >= 4 is 35.1 Å². The van der Waals surface area contributed by atoms with Gasteiger partial charge in [0.1, 0.15) is 23.4 Å². The van der Waals surface area contributed by atoms with Gasteiger partial charge < -0.3 is 9.64 Å². The van der Waals surface area contributed by atoms with Gasteiger partial charge >= 0.3 is 6.03 Å². The van der Waals surface area contributed by atoms with Crippen LogP contribution in [0.4, 0.5) is 9.18 Å². The molecule has 0 N–H and O–H groups in total. The smallest absolute Gasteiger partial charge is 0.326 e. The van der Waals surface area contributed by atoms with Crippen LogP contribution in [0.25, 0.3) is 0 Å². The summed E-state index contributed by atoms with van der Waals surface area (Å²) < 4.78 is 20.5. The van der Waals surface area contributed by atoms with Crippen LogP contribution in [0.2, 0.25) is 10.0 Å². The van der Waals surface area contributed by atoms with Crippen molar-refractivity contribution in [2.24, 2.45) is 4.99 Å². The molecule has 2 aliphatic rings. The number of piperazine rings is 1. The average molecular weight is 599 g/mol. The maximum absolute atomic E-state index is 14.5. The zero-order chi connectivity index (χ0) is 29.3. The van der Waals surface area contributed by atoms with E-state index in [1.54, 1.807) is 11.0 Å². The van der Waals surface area contributed by atoms with Gasteiger partial charge in [0.15, 0.2) is 0 Å². The third-order valence-corrected chi connectivity index (χ3v) is 7.84. The number of rotatable bonds is 6. The van der Waals surface area contributed by atoms with Crippen molar-refractivity contribution in [1.82, 2.24) is 19.8 Å². The second-order valence-corrected chi connectivity index (χ2v) is 11.6. The fourth-order valence-electron chi connectivity index (χ4n) is 5.33. The van der Waals surface area contributed by atoms with Gasteiger partial charge in [-0.1, -0.05) is 47.5 Å². The van der Waals surface area contributed by atoms with Crippen molar-refractivity contribution in [2.45, 2.75) is 32.0 Å². The molecule has 2 amide bonds. The van der Waals surface area contributed by atoms with Gasteiger partial charge in [-0.15, -0.1) is 0 Å². The van der Waals surface area contributed by atoms with E-state index in [2.05, 4.69) is 5.01 Å². The van der Waals surface area contributed by atoms with E-state index in [0.717, 1.165) is 11.1 Å². The van der Waals surface area contributed by atoms with Crippen LogP contribution >= 0.6 is 23.2 Å². The van der Waals surface area contributed by atoms with Crippen molar-refractivity contribution in [3.05, 3.63) is 99.3 Å². The van der Waals surface area contributed by atoms with Crippen molar-refractivity contribution in [3.8, 4) is 5.75 Å². The minimum absolute atomic E-state index is 0.168. The molecule has 0 radical (unpaired) electrons. The summed E-state index contributed by atoms with van der Waals surface area (Å²) in [5, 5.41) is 5.45. The summed E-state index contributed by atoms with van der Waals surface area (Å²) in [6.45, 7) is 6.29. The molecule has 216 valence electrons. The summed E-state index contributed by atoms with van der Waals surface area (Å²) in [7, 11) is 4.00. The summed E-state index contributed by atoms with van der Waals surface area (Å²) >= 11 is 12.5. The Bertz CT molecular complexity index is 1410. The zero-order valence-corrected chi connectivity index (χ0v) is 25.1. The van der Waals surface area contributed by atoms with E-state index in [4.69, 9.17) is 32.9 Å². The predicted molar refractivity (Wildman–Crippen MR) is 161 cm³/mol. The molecule has 0 aliphatic carbocycles. The highest BCUT2D eigenvalue weighted by atomic mass is 35.5. The highest BCUT2D eigenvalue weighted by Crippen LogP contribution is 2.45. The lowest BCUT2D eigenvalue weighted by Gasteiger charge is -2.40. The number of carbonyl (C=O) groups excluding carboxylic acids is 1. The monoisotopic (exact) mass is 597 g/mol. The Labute approximate surface area is 250 Å². The van der Waals surface area contributed by atoms with Crippen LogP contribution in [0.3, 0.4) is 0 Å². The van der Waals surface area contributed by atoms with Gasteiger partial charge in [0.2, 0.25) is 0 Å². The number of hydrogen-bond donors (Lipinski definition) is 0. The Morgan fingerprint density at radius 2 is 1.51 bits per heavy atom. The van der Waals surface area contributed by atoms with Gasteiger partial charge in [-0.3, -0.25) is 9.89 Å². The maximum Gasteiger partial charge on any atom is 0.326 e. The van der Waals surface area contributed by atoms with Gasteiger partial charge in [0.05, 0.1) is 17.7 Å². The lowest BCUT2D eigenvalue weighted by atomic mass is 9.93. The van der Waals surface area contributed by atoms with Crippen molar-refractivity contribution in [1.29, 1.82) is 0 Å². The number of halogens is 3. The van der Waals surface area contributed by atoms with Crippen LogP contribution in [0.5, 0.6) is 5.75 Å². The molecular formula is C31H34Cl2FN5O2. The number of hydrazine groups is 1. The SMILES string of the molecule is CC(C)Oc1cc(F)ccc1C1=NC(c2ccc(Cl)cc2)C(c2ccc(Cl)cc2)N1C(=O)N1CCN(N(C)C)CC1. The van der Waals surface area contributed by atoms with E-state index in [9.17, 15) is 9.18 Å². The highest BCUT2D eigenvalue weighted by molar-refractivity contribution is 6.30. The molecule has 2 atom stereocenters. The highest BCUT2D eigenvalue weighted by Gasteiger charge is 2.45. The molecule has 1 saturated heterocycles. The molecule has 1 fully saturated rings. The number of nitrogens with zero attached hydrogens (tertiary/aromatic N) is 5. The Balaban J connectivity index is 1.65. The number of aliphatic imine (C=N–C) groups is 1. The Morgan fingerprint density at radius 1 is 0.927 bits per heavy atom. The minimum atomic E-state index is -0.486. The predicted octanol–water partition coefficient (Wildman–Crippen LogP) is 6.68. The molecule has 10 heteroatoms. The van der Waals surface area contributed by atoms with Crippen LogP contribution in [-0.4, -0.2) is 78.1 Å². The third kappa shape index (κ3) is 6.36. The first-order valence-corrected chi connectivity index (χ1v) is 14.4. The fourth-order valence-corrected chi connectivity index (χ4v) is 5.58. The standard InChI is InChI=1S/C31H34Cl2FN5O2/c1-20(2)41-27-19-25(34)13-14-26(27)30-35-28(21-5-9-23(32)10-6-21)29(22-7-11-24(33)12-8-22)39(30)31(40)37-15-17-38(18-16-37)36(3)4/h5-14,19-20,28-29H,15-18H2,1-4H3. The van der Waals surface area contributed by atoms with E-state index >= 15 is 0 Å². The minimum Gasteiger partial charge on any atom is -0.490 e. The molecule has 2 unspecified atom stereocenters. The Hall–Kier alpha value is -3.17. The molecule has 0 bridgehead atoms. The lowest BCUT2D eigenvalue weighted by molar-refractivity contribution is -0.0120. The number of hydrogen-bond acceptors (Lipinski definition) is 5. The summed E-state index contributed by atoms with van der Waals surface area (Å²) in [5.74, 6) is 0.338. The normalized spacial score (nSPS) is 19.7. The van der Waals surface area contributed by atoms with Gasteiger partial charge in [-0.2, -0.15) is 0 Å². The Kier molecular flexibility index (Phi) is 8.85. The van der Waals surface area contributed by atoms with E-state index < -0.39 is 17.9 Å². The first-order chi connectivity index (χ1) is 19.6. The molecule has 0 saturated carbocycles. The quantitative estimate of drug-likeness (QED) is 0.318. The van der Waals surface area contributed by atoms with Gasteiger partial charge in [0, 0.05) is 56.4 Å². The molecule has 3 aromatic rings. The molecule has 2 heterocycles. The van der Waals surface area contributed by atoms with Crippen LogP contribution in [0.15, 0.2) is 71.7 Å². The van der Waals surface area contributed by atoms with E-state index in [1.165, 1.54) is 12.1 Å². The number of urea groups is 1. The number of carbonyl (C=O) groups is 1. The van der Waals surface area contributed by atoms with Crippen LogP contribution in [0, 0.1) is 5.82 Å². The second kappa shape index (κ2) is 12.4. The zero-order valence-electron chi connectivity index (χ0n) is 23.6. The van der Waals surface area contributed by atoms with Crippen LogP contribution < -0.4 is 4.74 Å². The summed E-state index contributed by atoms with van der Waals surface area (Å²) in [4.78, 5) is 23.3. The van der Waals surface area contributed by atoms with Gasteiger partial charge in [0.25, 0.3) is 0 Å². The van der Waals surface area contributed by atoms with Crippen LogP contribution in [-0.2, 0) is 0 Å². The molecule has 0 aromatic heterocycles. The molecule has 7 nitrogen and oxygen atoms in total. The van der Waals surface area contributed by atoms with Crippen LogP contribution in [0.1, 0.15) is 42.6 Å². The maximum atomic E-state index is 14.5. The Morgan fingerprint density at radius 3 is 2.07 bits per heavy atom. The molecular weight excluding hydrogens is 564 g/mol.